The Bertz CT molecular complexity index is 719. The molecule has 0 aromatic carbocycles. The van der Waals surface area contributed by atoms with Gasteiger partial charge in [-0.1, -0.05) is 0 Å². The fourth-order valence-electron chi connectivity index (χ4n) is 3.88. The van der Waals surface area contributed by atoms with Crippen molar-refractivity contribution in [1.29, 1.82) is 0 Å². The molecule has 7 nitrogen and oxygen atoms in total. The second-order valence-electron chi connectivity index (χ2n) is 7.20. The van der Waals surface area contributed by atoms with Gasteiger partial charge in [0, 0.05) is 49.3 Å². The van der Waals surface area contributed by atoms with Crippen LogP contribution in [0.2, 0.25) is 0 Å². The number of nitrogens with zero attached hydrogens (tertiary/aromatic N) is 4. The first-order valence-corrected chi connectivity index (χ1v) is 9.48. The molecule has 0 unspecified atom stereocenters. The molecule has 2 aliphatic rings. The minimum absolute atomic E-state index is 0.127. The molecule has 3 heterocycles. The van der Waals surface area contributed by atoms with Crippen LogP contribution in [0.4, 0.5) is 0 Å². The van der Waals surface area contributed by atoms with Crippen molar-refractivity contribution in [2.75, 3.05) is 13.2 Å². The first-order valence-electron chi connectivity index (χ1n) is 9.48. The smallest absolute Gasteiger partial charge is 0.223 e. The first-order chi connectivity index (χ1) is 12.8. The predicted molar refractivity (Wildman–Crippen MR) is 96.2 cm³/mol. The lowest BCUT2D eigenvalue weighted by Gasteiger charge is -2.31. The predicted octanol–water partition coefficient (Wildman–Crippen LogP) is 2.37. The zero-order valence-corrected chi connectivity index (χ0v) is 14.9. The van der Waals surface area contributed by atoms with Gasteiger partial charge in [0.05, 0.1) is 24.1 Å². The van der Waals surface area contributed by atoms with Gasteiger partial charge in [0.25, 0.3) is 0 Å². The highest BCUT2D eigenvalue weighted by molar-refractivity contribution is 5.79. The lowest BCUT2D eigenvalue weighted by Crippen LogP contribution is -2.42. The fourth-order valence-corrected chi connectivity index (χ4v) is 3.88. The Hall–Kier alpha value is -2.28. The summed E-state index contributed by atoms with van der Waals surface area (Å²) in [6.07, 6.45) is 14.8. The number of hydrogen-bond acceptors (Lipinski definition) is 5. The lowest BCUT2D eigenvalue weighted by molar-refractivity contribution is -0.128. The van der Waals surface area contributed by atoms with Gasteiger partial charge in [0.2, 0.25) is 5.91 Å². The van der Waals surface area contributed by atoms with Crippen LogP contribution in [-0.2, 0) is 9.53 Å². The SMILES string of the molecule is O=C(NC1CCC(n2cc(-c3cnccn3)cn2)CC1)C1CCOCC1. The summed E-state index contributed by atoms with van der Waals surface area (Å²) in [5.41, 5.74) is 1.84. The van der Waals surface area contributed by atoms with Crippen LogP contribution in [0.1, 0.15) is 44.6 Å². The van der Waals surface area contributed by atoms with Crippen molar-refractivity contribution in [3.05, 3.63) is 31.0 Å². The summed E-state index contributed by atoms with van der Waals surface area (Å²) in [4.78, 5) is 20.8. The van der Waals surface area contributed by atoms with Gasteiger partial charge < -0.3 is 10.1 Å². The number of amides is 1. The number of ether oxygens (including phenoxy) is 1. The van der Waals surface area contributed by atoms with E-state index in [0.29, 0.717) is 19.3 Å². The number of carbonyl (C=O) groups is 1. The molecule has 2 aromatic heterocycles. The van der Waals surface area contributed by atoms with Crippen LogP contribution in [0.25, 0.3) is 11.3 Å². The van der Waals surface area contributed by atoms with Gasteiger partial charge >= 0.3 is 0 Å². The average molecular weight is 355 g/mol. The summed E-state index contributed by atoms with van der Waals surface area (Å²) >= 11 is 0. The Morgan fingerprint density at radius 1 is 1.08 bits per heavy atom. The Morgan fingerprint density at radius 3 is 2.62 bits per heavy atom. The molecule has 7 heteroatoms. The lowest BCUT2D eigenvalue weighted by atomic mass is 9.90. The van der Waals surface area contributed by atoms with Gasteiger partial charge in [-0.05, 0) is 38.5 Å². The van der Waals surface area contributed by atoms with E-state index in [9.17, 15) is 4.79 Å². The number of hydrogen-bond donors (Lipinski definition) is 1. The topological polar surface area (TPSA) is 81.9 Å². The van der Waals surface area contributed by atoms with Crippen molar-refractivity contribution >= 4 is 5.91 Å². The van der Waals surface area contributed by atoms with Gasteiger partial charge in [0.15, 0.2) is 0 Å². The van der Waals surface area contributed by atoms with Crippen molar-refractivity contribution in [2.45, 2.75) is 50.6 Å². The maximum Gasteiger partial charge on any atom is 0.223 e. The summed E-state index contributed by atoms with van der Waals surface area (Å²) in [6, 6.07) is 0.674. The van der Waals surface area contributed by atoms with Gasteiger partial charge in [-0.2, -0.15) is 5.10 Å². The first kappa shape index (κ1) is 17.1. The highest BCUT2D eigenvalue weighted by atomic mass is 16.5. The van der Waals surface area contributed by atoms with Crippen molar-refractivity contribution in [3.63, 3.8) is 0 Å². The van der Waals surface area contributed by atoms with Crippen LogP contribution in [0.3, 0.4) is 0 Å². The summed E-state index contributed by atoms with van der Waals surface area (Å²) in [5.74, 6) is 0.336. The van der Waals surface area contributed by atoms with Crippen LogP contribution < -0.4 is 5.32 Å². The van der Waals surface area contributed by atoms with Crippen molar-refractivity contribution < 1.29 is 9.53 Å². The standard InChI is InChI=1S/C19H25N5O2/c25-19(14-5-9-26-10-6-14)23-16-1-3-17(4-2-16)24-13-15(11-22-24)18-12-20-7-8-21-18/h7-8,11-14,16-17H,1-6,9-10H2,(H,23,25). The quantitative estimate of drug-likeness (QED) is 0.910. The van der Waals surface area contributed by atoms with E-state index >= 15 is 0 Å². The third-order valence-corrected chi connectivity index (χ3v) is 5.47. The van der Waals surface area contributed by atoms with Crippen LogP contribution in [0.5, 0.6) is 0 Å². The Morgan fingerprint density at radius 2 is 1.88 bits per heavy atom. The zero-order valence-electron chi connectivity index (χ0n) is 14.9. The molecule has 1 N–H and O–H groups in total. The number of nitrogens with one attached hydrogen (secondary N) is 1. The van der Waals surface area contributed by atoms with E-state index in [1.165, 1.54) is 0 Å². The third kappa shape index (κ3) is 3.93. The second kappa shape index (κ2) is 7.95. The molecule has 138 valence electrons. The Kier molecular flexibility index (Phi) is 5.24. The van der Waals surface area contributed by atoms with Gasteiger partial charge in [0.1, 0.15) is 0 Å². The highest BCUT2D eigenvalue weighted by Crippen LogP contribution is 2.29. The number of carbonyl (C=O) groups excluding carboxylic acids is 1. The molecule has 1 amide bonds. The third-order valence-electron chi connectivity index (χ3n) is 5.47. The maximum absolute atomic E-state index is 12.4. The molecule has 1 aliphatic carbocycles. The molecule has 0 spiro atoms. The molecule has 1 saturated heterocycles. The van der Waals surface area contributed by atoms with E-state index in [0.717, 1.165) is 49.8 Å². The summed E-state index contributed by atoms with van der Waals surface area (Å²) in [5, 5.41) is 7.77. The fraction of sp³-hybridized carbons (Fsp3) is 0.579. The summed E-state index contributed by atoms with van der Waals surface area (Å²) in [6.45, 7) is 1.41. The molecule has 0 radical (unpaired) electrons. The second-order valence-corrected chi connectivity index (χ2v) is 7.20. The van der Waals surface area contributed by atoms with E-state index in [2.05, 4.69) is 26.6 Å². The van der Waals surface area contributed by atoms with Crippen LogP contribution >= 0.6 is 0 Å². The molecule has 26 heavy (non-hydrogen) atoms. The van der Waals surface area contributed by atoms with Crippen molar-refractivity contribution in [3.8, 4) is 11.3 Å². The summed E-state index contributed by atoms with van der Waals surface area (Å²) in [7, 11) is 0. The normalized spacial score (nSPS) is 24.3. The maximum atomic E-state index is 12.4. The molecule has 1 aliphatic heterocycles. The molecule has 2 fully saturated rings. The molecule has 2 aromatic rings. The van der Waals surface area contributed by atoms with E-state index < -0.39 is 0 Å². The molecular weight excluding hydrogens is 330 g/mol. The number of aromatic nitrogens is 4. The minimum atomic E-state index is 0.127. The zero-order chi connectivity index (χ0) is 17.8. The average Bonchev–Trinajstić information content (AvgIpc) is 3.20. The van der Waals surface area contributed by atoms with Crippen LogP contribution in [0.15, 0.2) is 31.0 Å². The minimum Gasteiger partial charge on any atom is -0.381 e. The van der Waals surface area contributed by atoms with Crippen molar-refractivity contribution in [1.82, 2.24) is 25.1 Å². The molecule has 0 bridgehead atoms. The summed E-state index contributed by atoms with van der Waals surface area (Å²) < 4.78 is 7.38. The highest BCUT2D eigenvalue weighted by Gasteiger charge is 2.27. The molecular formula is C19H25N5O2. The van der Waals surface area contributed by atoms with E-state index in [4.69, 9.17) is 4.74 Å². The largest absolute Gasteiger partial charge is 0.381 e. The Labute approximate surface area is 153 Å². The van der Waals surface area contributed by atoms with Crippen molar-refractivity contribution in [2.24, 2.45) is 5.92 Å². The number of rotatable bonds is 4. The van der Waals surface area contributed by atoms with E-state index in [1.807, 2.05) is 10.9 Å². The van der Waals surface area contributed by atoms with E-state index in [1.54, 1.807) is 18.6 Å². The molecule has 4 rings (SSSR count). The van der Waals surface area contributed by atoms with Gasteiger partial charge in [-0.25, -0.2) is 0 Å². The van der Waals surface area contributed by atoms with Crippen LogP contribution in [-0.4, -0.2) is 44.9 Å². The van der Waals surface area contributed by atoms with E-state index in [-0.39, 0.29) is 17.9 Å². The van der Waals surface area contributed by atoms with Crippen LogP contribution in [0, 0.1) is 5.92 Å². The Balaban J connectivity index is 1.30. The monoisotopic (exact) mass is 355 g/mol. The van der Waals surface area contributed by atoms with Gasteiger partial charge in [-0.3, -0.25) is 19.4 Å². The molecule has 1 saturated carbocycles. The molecule has 0 atom stereocenters. The van der Waals surface area contributed by atoms with Gasteiger partial charge in [-0.15, -0.1) is 0 Å².